The Hall–Kier alpha value is -2.95. The number of aryl methyl sites for hydroxylation is 1. The van der Waals surface area contributed by atoms with Crippen LogP contribution in [0.25, 0.3) is 0 Å². The number of methoxy groups -OCH3 is 1. The summed E-state index contributed by atoms with van der Waals surface area (Å²) in [5.74, 6) is -1.33. The van der Waals surface area contributed by atoms with Crippen LogP contribution in [0.15, 0.2) is 65.7 Å². The van der Waals surface area contributed by atoms with Crippen LogP contribution in [-0.4, -0.2) is 45.0 Å². The second kappa shape index (κ2) is 10.1. The first-order valence-electron chi connectivity index (χ1n) is 9.38. The molecule has 32 heavy (non-hydrogen) atoms. The van der Waals surface area contributed by atoms with Crippen LogP contribution in [0.5, 0.6) is 0 Å². The number of sulfonamides is 1. The van der Waals surface area contributed by atoms with Gasteiger partial charge in [0, 0.05) is 6.20 Å². The fourth-order valence-corrected chi connectivity index (χ4v) is 5.63. The van der Waals surface area contributed by atoms with Crippen molar-refractivity contribution in [2.24, 2.45) is 0 Å². The zero-order chi connectivity index (χ0) is 23.3. The van der Waals surface area contributed by atoms with Gasteiger partial charge < -0.3 is 10.1 Å². The molecule has 1 amide bonds. The van der Waals surface area contributed by atoms with Gasteiger partial charge in [-0.25, -0.2) is 17.5 Å². The molecule has 8 nitrogen and oxygen atoms in total. The summed E-state index contributed by atoms with van der Waals surface area (Å²) in [4.78, 5) is 29.7. The number of ether oxygens (including phenoxy) is 1. The summed E-state index contributed by atoms with van der Waals surface area (Å²) in [6.45, 7) is 1.30. The molecule has 0 saturated carbocycles. The molecule has 3 rings (SSSR count). The minimum atomic E-state index is -4.22. The Kier molecular flexibility index (Phi) is 7.49. The maximum atomic E-state index is 13.6. The van der Waals surface area contributed by atoms with E-state index in [2.05, 4.69) is 10.3 Å². The fraction of sp³-hybridized carbons (Fsp3) is 0.190. The smallest absolute Gasteiger partial charge is 0.331 e. The van der Waals surface area contributed by atoms with E-state index in [1.165, 1.54) is 18.3 Å². The summed E-state index contributed by atoms with van der Waals surface area (Å²) in [7, 11) is -3.06. The standard InChI is InChI=1S/C21H20ClN3O5S2/c1-14-16(9-6-12-23-14)25(32(28,29)15-7-4-3-5-8-15)17(21(27)30-2)13-24-20(26)18-10-11-19(22)31-18/h3-12,17H,13H2,1-2H3,(H,24,26). The average molecular weight is 494 g/mol. The summed E-state index contributed by atoms with van der Waals surface area (Å²) < 4.78 is 33.5. The summed E-state index contributed by atoms with van der Waals surface area (Å²) in [6.07, 6.45) is 1.52. The van der Waals surface area contributed by atoms with Crippen LogP contribution in [0.1, 0.15) is 15.4 Å². The van der Waals surface area contributed by atoms with Gasteiger partial charge in [0.25, 0.3) is 15.9 Å². The number of anilines is 1. The molecule has 2 heterocycles. The maximum Gasteiger partial charge on any atom is 0.331 e. The van der Waals surface area contributed by atoms with Crippen molar-refractivity contribution >= 4 is 50.5 Å². The van der Waals surface area contributed by atoms with Crippen molar-refractivity contribution in [1.29, 1.82) is 0 Å². The second-order valence-corrected chi connectivity index (χ2v) is 10.1. The quantitative estimate of drug-likeness (QED) is 0.483. The Bertz CT molecular complexity index is 1210. The molecule has 0 bridgehead atoms. The van der Waals surface area contributed by atoms with Crippen molar-refractivity contribution in [3.8, 4) is 0 Å². The number of halogens is 1. The van der Waals surface area contributed by atoms with E-state index in [9.17, 15) is 18.0 Å². The SMILES string of the molecule is COC(=O)C(CNC(=O)c1ccc(Cl)s1)N(c1cccnc1C)S(=O)(=O)c1ccccc1. The number of pyridine rings is 1. The highest BCUT2D eigenvalue weighted by molar-refractivity contribution is 7.93. The largest absolute Gasteiger partial charge is 0.467 e. The predicted octanol–water partition coefficient (Wildman–Crippen LogP) is 3.27. The molecule has 0 aliphatic rings. The Balaban J connectivity index is 2.05. The molecular weight excluding hydrogens is 474 g/mol. The van der Waals surface area contributed by atoms with Crippen LogP contribution in [0.2, 0.25) is 4.34 Å². The first kappa shape index (κ1) is 23.7. The van der Waals surface area contributed by atoms with Gasteiger partial charge in [-0.05, 0) is 43.3 Å². The fourth-order valence-electron chi connectivity index (χ4n) is 2.99. The monoisotopic (exact) mass is 493 g/mol. The van der Waals surface area contributed by atoms with Crippen molar-refractivity contribution in [3.05, 3.63) is 75.7 Å². The first-order chi connectivity index (χ1) is 15.3. The summed E-state index contributed by atoms with van der Waals surface area (Å²) in [6, 6.07) is 12.5. The lowest BCUT2D eigenvalue weighted by Crippen LogP contribution is -2.52. The maximum absolute atomic E-state index is 13.6. The molecule has 168 valence electrons. The molecule has 0 fully saturated rings. The van der Waals surface area contributed by atoms with Crippen molar-refractivity contribution < 1.29 is 22.7 Å². The van der Waals surface area contributed by atoms with Crippen LogP contribution in [0, 0.1) is 6.92 Å². The molecule has 1 unspecified atom stereocenters. The molecule has 11 heteroatoms. The molecule has 0 aliphatic heterocycles. The van der Waals surface area contributed by atoms with Gasteiger partial charge >= 0.3 is 5.97 Å². The zero-order valence-electron chi connectivity index (χ0n) is 17.2. The normalized spacial score (nSPS) is 12.1. The number of hydrogen-bond acceptors (Lipinski definition) is 7. The molecule has 1 aromatic carbocycles. The van der Waals surface area contributed by atoms with E-state index in [1.54, 1.807) is 49.4 Å². The Morgan fingerprint density at radius 1 is 1.16 bits per heavy atom. The highest BCUT2D eigenvalue weighted by Gasteiger charge is 2.38. The Morgan fingerprint density at radius 3 is 2.47 bits per heavy atom. The van der Waals surface area contributed by atoms with E-state index >= 15 is 0 Å². The van der Waals surface area contributed by atoms with E-state index in [1.807, 2.05) is 0 Å². The van der Waals surface area contributed by atoms with E-state index in [-0.39, 0.29) is 17.1 Å². The summed E-state index contributed by atoms with van der Waals surface area (Å²) in [5.41, 5.74) is 0.581. The van der Waals surface area contributed by atoms with Gasteiger partial charge in [-0.1, -0.05) is 29.8 Å². The number of thiophene rings is 1. The van der Waals surface area contributed by atoms with Gasteiger partial charge in [-0.15, -0.1) is 11.3 Å². The molecule has 1 atom stereocenters. The first-order valence-corrected chi connectivity index (χ1v) is 12.0. The minimum absolute atomic E-state index is 0.0199. The Morgan fingerprint density at radius 2 is 1.88 bits per heavy atom. The van der Waals surface area contributed by atoms with Crippen LogP contribution >= 0.6 is 22.9 Å². The summed E-state index contributed by atoms with van der Waals surface area (Å²) >= 11 is 6.95. The van der Waals surface area contributed by atoms with Crippen molar-refractivity contribution in [3.63, 3.8) is 0 Å². The molecule has 1 N–H and O–H groups in total. The van der Waals surface area contributed by atoms with Crippen LogP contribution in [-0.2, 0) is 19.6 Å². The summed E-state index contributed by atoms with van der Waals surface area (Å²) in [5, 5.41) is 2.61. The van der Waals surface area contributed by atoms with Gasteiger partial charge in [0.1, 0.15) is 0 Å². The number of carbonyl (C=O) groups excluding carboxylic acids is 2. The lowest BCUT2D eigenvalue weighted by atomic mass is 10.2. The third kappa shape index (κ3) is 5.09. The lowest BCUT2D eigenvalue weighted by Gasteiger charge is -2.31. The van der Waals surface area contributed by atoms with Crippen LogP contribution in [0.3, 0.4) is 0 Å². The lowest BCUT2D eigenvalue weighted by molar-refractivity contribution is -0.141. The van der Waals surface area contributed by atoms with Gasteiger partial charge in [-0.3, -0.25) is 9.78 Å². The van der Waals surface area contributed by atoms with Gasteiger partial charge in [-0.2, -0.15) is 0 Å². The molecule has 0 aliphatic carbocycles. The number of hydrogen-bond donors (Lipinski definition) is 1. The van der Waals surface area contributed by atoms with E-state index in [4.69, 9.17) is 16.3 Å². The highest BCUT2D eigenvalue weighted by atomic mass is 35.5. The molecule has 2 aromatic heterocycles. The molecular formula is C21H20ClN3O5S2. The average Bonchev–Trinajstić information content (AvgIpc) is 3.23. The predicted molar refractivity (Wildman–Crippen MR) is 123 cm³/mol. The van der Waals surface area contributed by atoms with Crippen molar-refractivity contribution in [1.82, 2.24) is 10.3 Å². The number of nitrogens with one attached hydrogen (secondary N) is 1. The number of benzene rings is 1. The number of esters is 1. The van der Waals surface area contributed by atoms with E-state index in [0.717, 1.165) is 22.8 Å². The van der Waals surface area contributed by atoms with Crippen molar-refractivity contribution in [2.45, 2.75) is 17.9 Å². The van der Waals surface area contributed by atoms with E-state index < -0.39 is 27.9 Å². The van der Waals surface area contributed by atoms with Gasteiger partial charge in [0.2, 0.25) is 0 Å². The number of nitrogens with zero attached hydrogens (tertiary/aromatic N) is 2. The number of amides is 1. The van der Waals surface area contributed by atoms with Gasteiger partial charge in [0.15, 0.2) is 6.04 Å². The van der Waals surface area contributed by atoms with Crippen LogP contribution in [0.4, 0.5) is 5.69 Å². The molecule has 0 spiro atoms. The second-order valence-electron chi connectivity index (χ2n) is 6.57. The number of aromatic nitrogens is 1. The topological polar surface area (TPSA) is 106 Å². The highest BCUT2D eigenvalue weighted by Crippen LogP contribution is 2.29. The number of rotatable bonds is 8. The molecule has 3 aromatic rings. The third-order valence-corrected chi connectivity index (χ3v) is 7.59. The van der Waals surface area contributed by atoms with Crippen molar-refractivity contribution in [2.75, 3.05) is 18.0 Å². The van der Waals surface area contributed by atoms with E-state index in [0.29, 0.717) is 14.9 Å². The molecule has 0 radical (unpaired) electrons. The number of carbonyl (C=O) groups is 2. The third-order valence-electron chi connectivity index (χ3n) is 4.53. The molecule has 0 saturated heterocycles. The van der Waals surface area contributed by atoms with Crippen LogP contribution < -0.4 is 9.62 Å². The zero-order valence-corrected chi connectivity index (χ0v) is 19.6. The Labute approximate surface area is 194 Å². The minimum Gasteiger partial charge on any atom is -0.467 e. The van der Waals surface area contributed by atoms with Gasteiger partial charge in [0.05, 0.1) is 39.1 Å².